The fraction of sp³-hybridized carbons (Fsp3) is 0.348. The third kappa shape index (κ3) is 4.73. The Morgan fingerprint density at radius 1 is 0.969 bits per heavy atom. The number of amides is 3. The van der Waals surface area contributed by atoms with Crippen LogP contribution < -0.4 is 5.32 Å². The summed E-state index contributed by atoms with van der Waals surface area (Å²) in [5.74, 6) is -0.952. The molecule has 3 rings (SSSR count). The number of aryl methyl sites for hydroxylation is 1. The van der Waals surface area contributed by atoms with Crippen molar-refractivity contribution in [2.24, 2.45) is 0 Å². The zero-order valence-electron chi connectivity index (χ0n) is 18.4. The van der Waals surface area contributed by atoms with E-state index in [4.69, 9.17) is 0 Å². The molecule has 0 atom stereocenters. The predicted octanol–water partition coefficient (Wildman–Crippen LogP) is 3.04. The lowest BCUT2D eigenvalue weighted by atomic mass is 10.1. The Balaban J connectivity index is 1.54. The van der Waals surface area contributed by atoms with E-state index in [9.17, 15) is 22.8 Å². The van der Waals surface area contributed by atoms with Crippen molar-refractivity contribution in [1.29, 1.82) is 0 Å². The molecule has 9 heteroatoms. The number of nitrogens with zero attached hydrogens (tertiary/aromatic N) is 2. The maximum Gasteiger partial charge on any atom is 0.261 e. The molecule has 3 amide bonds. The molecule has 1 heterocycles. The molecule has 0 aliphatic carbocycles. The van der Waals surface area contributed by atoms with Crippen LogP contribution in [0.4, 0.5) is 5.69 Å². The van der Waals surface area contributed by atoms with Crippen molar-refractivity contribution in [3.63, 3.8) is 0 Å². The van der Waals surface area contributed by atoms with E-state index in [1.807, 2.05) is 6.92 Å². The lowest BCUT2D eigenvalue weighted by Crippen LogP contribution is -2.31. The molecule has 2 aromatic rings. The molecule has 0 saturated heterocycles. The van der Waals surface area contributed by atoms with Crippen LogP contribution in [0.5, 0.6) is 0 Å². The van der Waals surface area contributed by atoms with Gasteiger partial charge in [0.2, 0.25) is 15.9 Å². The smallest absolute Gasteiger partial charge is 0.261 e. The van der Waals surface area contributed by atoms with Gasteiger partial charge in [0.1, 0.15) is 0 Å². The van der Waals surface area contributed by atoms with Crippen LogP contribution in [0.2, 0.25) is 0 Å². The minimum atomic E-state index is -3.55. The average molecular weight is 458 g/mol. The lowest BCUT2D eigenvalue weighted by molar-refractivity contribution is -0.116. The van der Waals surface area contributed by atoms with Gasteiger partial charge in [0.05, 0.1) is 16.0 Å². The number of nitrogens with one attached hydrogen (secondary N) is 1. The van der Waals surface area contributed by atoms with E-state index in [1.165, 1.54) is 21.3 Å². The number of rotatable bonds is 9. The molecule has 0 bridgehead atoms. The largest absolute Gasteiger partial charge is 0.326 e. The van der Waals surface area contributed by atoms with Gasteiger partial charge in [-0.2, -0.15) is 4.31 Å². The summed E-state index contributed by atoms with van der Waals surface area (Å²) in [5.41, 5.74) is 2.18. The molecule has 0 fully saturated rings. The Morgan fingerprint density at radius 3 is 2.22 bits per heavy atom. The normalized spacial score (nSPS) is 13.6. The molecule has 1 N–H and O–H groups in total. The fourth-order valence-corrected chi connectivity index (χ4v) is 5.11. The number of hydrogen-bond donors (Lipinski definition) is 1. The fourth-order valence-electron chi connectivity index (χ4n) is 3.65. The molecular weight excluding hydrogens is 430 g/mol. The lowest BCUT2D eigenvalue weighted by Gasteiger charge is -2.18. The van der Waals surface area contributed by atoms with E-state index in [1.54, 1.807) is 44.2 Å². The number of imide groups is 1. The zero-order valence-corrected chi connectivity index (χ0v) is 19.2. The van der Waals surface area contributed by atoms with Crippen molar-refractivity contribution in [1.82, 2.24) is 9.21 Å². The van der Waals surface area contributed by atoms with Crippen LogP contribution in [0.3, 0.4) is 0 Å². The van der Waals surface area contributed by atoms with E-state index in [-0.39, 0.29) is 35.6 Å². The molecule has 0 saturated carbocycles. The van der Waals surface area contributed by atoms with Crippen LogP contribution in [0, 0.1) is 6.92 Å². The number of sulfonamides is 1. The third-order valence-corrected chi connectivity index (χ3v) is 7.46. The summed E-state index contributed by atoms with van der Waals surface area (Å²) in [6.45, 7) is 6.32. The summed E-state index contributed by atoms with van der Waals surface area (Å²) in [5, 5.41) is 2.71. The summed E-state index contributed by atoms with van der Waals surface area (Å²) in [4.78, 5) is 38.5. The van der Waals surface area contributed by atoms with E-state index in [0.717, 1.165) is 5.56 Å². The van der Waals surface area contributed by atoms with Gasteiger partial charge in [-0.15, -0.1) is 0 Å². The topological polar surface area (TPSA) is 104 Å². The zero-order chi connectivity index (χ0) is 23.5. The van der Waals surface area contributed by atoms with Gasteiger partial charge < -0.3 is 5.32 Å². The molecule has 0 unspecified atom stereocenters. The first-order chi connectivity index (χ1) is 15.2. The van der Waals surface area contributed by atoms with Crippen LogP contribution in [0.1, 0.15) is 53.0 Å². The highest BCUT2D eigenvalue weighted by molar-refractivity contribution is 7.89. The molecule has 0 spiro atoms. The van der Waals surface area contributed by atoms with E-state index >= 15 is 0 Å². The van der Waals surface area contributed by atoms with Crippen LogP contribution in [0.15, 0.2) is 47.4 Å². The van der Waals surface area contributed by atoms with E-state index in [0.29, 0.717) is 36.3 Å². The highest BCUT2D eigenvalue weighted by atomic mass is 32.2. The standard InChI is InChI=1S/C23H27N3O5S/c1-4-25(5-2)32(30,31)18-11-9-17(10-12-18)24-21(27)7-6-14-26-22(28)19-13-8-16(3)15-20(19)23(26)29/h8-13,15H,4-7,14H2,1-3H3,(H,24,27). The quantitative estimate of drug-likeness (QED) is 0.583. The summed E-state index contributed by atoms with van der Waals surface area (Å²) < 4.78 is 26.4. The second kappa shape index (κ2) is 9.62. The number of fused-ring (bicyclic) bond motifs is 1. The minimum Gasteiger partial charge on any atom is -0.326 e. The SMILES string of the molecule is CCN(CC)S(=O)(=O)c1ccc(NC(=O)CCCN2C(=O)c3ccc(C)cc3C2=O)cc1. The van der Waals surface area contributed by atoms with Gasteiger partial charge in [0, 0.05) is 31.7 Å². The molecule has 8 nitrogen and oxygen atoms in total. The van der Waals surface area contributed by atoms with Crippen molar-refractivity contribution >= 4 is 33.4 Å². The monoisotopic (exact) mass is 457 g/mol. The maximum atomic E-state index is 12.5. The first kappa shape index (κ1) is 23.6. The first-order valence-electron chi connectivity index (χ1n) is 10.6. The maximum absolute atomic E-state index is 12.5. The molecule has 2 aromatic carbocycles. The van der Waals surface area contributed by atoms with Gasteiger partial charge in [0.15, 0.2) is 0 Å². The van der Waals surface area contributed by atoms with Crippen LogP contribution in [0.25, 0.3) is 0 Å². The average Bonchev–Trinajstić information content (AvgIpc) is 2.99. The molecule has 0 radical (unpaired) electrons. The van der Waals surface area contributed by atoms with Gasteiger partial charge in [-0.1, -0.05) is 25.5 Å². The number of carbonyl (C=O) groups is 3. The van der Waals surface area contributed by atoms with Crippen LogP contribution in [-0.2, 0) is 14.8 Å². The third-order valence-electron chi connectivity index (χ3n) is 5.39. The summed E-state index contributed by atoms with van der Waals surface area (Å²) in [7, 11) is -3.55. The molecule has 0 aromatic heterocycles. The van der Waals surface area contributed by atoms with Crippen molar-refractivity contribution in [3.8, 4) is 0 Å². The van der Waals surface area contributed by atoms with E-state index < -0.39 is 10.0 Å². The number of benzene rings is 2. The number of hydrogen-bond acceptors (Lipinski definition) is 5. The van der Waals surface area contributed by atoms with Gasteiger partial charge in [-0.05, 0) is 49.7 Å². The number of carbonyl (C=O) groups excluding carboxylic acids is 3. The number of anilines is 1. The van der Waals surface area contributed by atoms with Gasteiger partial charge in [-0.3, -0.25) is 19.3 Å². The van der Waals surface area contributed by atoms with Crippen molar-refractivity contribution < 1.29 is 22.8 Å². The Bertz CT molecular complexity index is 1140. The summed E-state index contributed by atoms with van der Waals surface area (Å²) in [6, 6.07) is 11.2. The van der Waals surface area contributed by atoms with E-state index in [2.05, 4.69) is 5.32 Å². The van der Waals surface area contributed by atoms with Crippen LogP contribution >= 0.6 is 0 Å². The highest BCUT2D eigenvalue weighted by Crippen LogP contribution is 2.24. The first-order valence-corrected chi connectivity index (χ1v) is 12.0. The second-order valence-electron chi connectivity index (χ2n) is 7.58. The molecule has 170 valence electrons. The van der Waals surface area contributed by atoms with Crippen molar-refractivity contribution in [2.75, 3.05) is 25.0 Å². The molecular formula is C23H27N3O5S. The summed E-state index contributed by atoms with van der Waals surface area (Å²) in [6.07, 6.45) is 0.441. The Kier molecular flexibility index (Phi) is 7.10. The van der Waals surface area contributed by atoms with Gasteiger partial charge in [0.25, 0.3) is 11.8 Å². The predicted molar refractivity (Wildman–Crippen MR) is 121 cm³/mol. The molecule has 1 aliphatic heterocycles. The van der Waals surface area contributed by atoms with Crippen LogP contribution in [-0.4, -0.2) is 55.0 Å². The van der Waals surface area contributed by atoms with Crippen molar-refractivity contribution in [2.45, 2.75) is 38.5 Å². The highest BCUT2D eigenvalue weighted by Gasteiger charge is 2.35. The minimum absolute atomic E-state index is 0.117. The molecule has 1 aliphatic rings. The van der Waals surface area contributed by atoms with Gasteiger partial charge >= 0.3 is 0 Å². The Morgan fingerprint density at radius 2 is 1.59 bits per heavy atom. The molecule has 32 heavy (non-hydrogen) atoms. The Hall–Kier alpha value is -3.04. The van der Waals surface area contributed by atoms with Crippen molar-refractivity contribution in [3.05, 3.63) is 59.2 Å². The summed E-state index contributed by atoms with van der Waals surface area (Å²) >= 11 is 0. The Labute approximate surface area is 188 Å². The second-order valence-corrected chi connectivity index (χ2v) is 9.51. The van der Waals surface area contributed by atoms with Gasteiger partial charge in [-0.25, -0.2) is 8.42 Å².